The fourth-order valence-electron chi connectivity index (χ4n) is 2.87. The van der Waals surface area contributed by atoms with E-state index in [1.807, 2.05) is 6.07 Å². The van der Waals surface area contributed by atoms with E-state index in [4.69, 9.17) is 4.42 Å². The number of carbonyl (C=O) groups is 2. The van der Waals surface area contributed by atoms with Crippen molar-refractivity contribution in [3.05, 3.63) is 45.5 Å². The van der Waals surface area contributed by atoms with Crippen molar-refractivity contribution < 1.29 is 14.0 Å². The molecule has 0 fully saturated rings. The van der Waals surface area contributed by atoms with E-state index in [0.29, 0.717) is 17.2 Å². The van der Waals surface area contributed by atoms with Crippen molar-refractivity contribution in [3.63, 3.8) is 0 Å². The van der Waals surface area contributed by atoms with Crippen molar-refractivity contribution in [2.75, 3.05) is 6.54 Å². The molecule has 0 saturated carbocycles. The highest BCUT2D eigenvalue weighted by molar-refractivity contribution is 7.14. The Balaban J connectivity index is 1.49. The number of hydrogen-bond donors (Lipinski definition) is 2. The minimum Gasteiger partial charge on any atom is -0.467 e. The monoisotopic (exact) mass is 346 g/mol. The minimum absolute atomic E-state index is 0.0257. The van der Waals surface area contributed by atoms with Gasteiger partial charge < -0.3 is 15.1 Å². The first-order valence-corrected chi connectivity index (χ1v) is 9.23. The molecule has 0 atom stereocenters. The molecule has 0 aromatic carbocycles. The molecular weight excluding hydrogens is 324 g/mol. The molecule has 6 heteroatoms. The summed E-state index contributed by atoms with van der Waals surface area (Å²) in [6.07, 6.45) is 8.62. The van der Waals surface area contributed by atoms with Crippen molar-refractivity contribution in [1.82, 2.24) is 10.6 Å². The summed E-state index contributed by atoms with van der Waals surface area (Å²) in [4.78, 5) is 26.1. The zero-order chi connectivity index (χ0) is 16.8. The number of nitrogens with one attached hydrogen (secondary N) is 2. The standard InChI is InChI=1S/C18H22N2O3S/c21-17(19-11-14-7-5-9-23-14)12-20-18(22)16-10-13-6-3-1-2-4-8-15(13)24-16/h5,7,9-10H,1-4,6,8,11-12H2,(H,19,21)(H,20,22). The van der Waals surface area contributed by atoms with Crippen molar-refractivity contribution >= 4 is 23.2 Å². The second-order valence-electron chi connectivity index (χ2n) is 6.01. The molecule has 2 amide bonds. The molecular formula is C18H22N2O3S. The van der Waals surface area contributed by atoms with Crippen LogP contribution in [0.25, 0.3) is 0 Å². The fraction of sp³-hybridized carbons (Fsp3) is 0.444. The van der Waals surface area contributed by atoms with E-state index in [-0.39, 0.29) is 18.4 Å². The lowest BCUT2D eigenvalue weighted by Gasteiger charge is -2.07. The van der Waals surface area contributed by atoms with Gasteiger partial charge in [-0.2, -0.15) is 0 Å². The second kappa shape index (κ2) is 8.15. The van der Waals surface area contributed by atoms with Gasteiger partial charge in [-0.15, -0.1) is 11.3 Å². The summed E-state index contributed by atoms with van der Waals surface area (Å²) in [5, 5.41) is 5.41. The molecule has 0 aliphatic heterocycles. The summed E-state index contributed by atoms with van der Waals surface area (Å²) in [6.45, 7) is 0.303. The van der Waals surface area contributed by atoms with Crippen LogP contribution in [-0.4, -0.2) is 18.4 Å². The van der Waals surface area contributed by atoms with Gasteiger partial charge in [0, 0.05) is 4.88 Å². The van der Waals surface area contributed by atoms with E-state index >= 15 is 0 Å². The molecule has 128 valence electrons. The zero-order valence-electron chi connectivity index (χ0n) is 13.6. The molecule has 5 nitrogen and oxygen atoms in total. The Morgan fingerprint density at radius 1 is 1.12 bits per heavy atom. The molecule has 0 saturated heterocycles. The van der Waals surface area contributed by atoms with Gasteiger partial charge in [-0.05, 0) is 49.4 Å². The van der Waals surface area contributed by atoms with Crippen molar-refractivity contribution in [2.24, 2.45) is 0 Å². The maximum Gasteiger partial charge on any atom is 0.261 e. The van der Waals surface area contributed by atoms with Crippen LogP contribution in [0, 0.1) is 0 Å². The summed E-state index contributed by atoms with van der Waals surface area (Å²) in [5.74, 6) is 0.294. The van der Waals surface area contributed by atoms with Gasteiger partial charge in [0.1, 0.15) is 5.76 Å². The Labute approximate surface area is 145 Å². The Kier molecular flexibility index (Phi) is 5.69. The molecule has 2 N–H and O–H groups in total. The molecule has 0 radical (unpaired) electrons. The number of hydrogen-bond acceptors (Lipinski definition) is 4. The summed E-state index contributed by atoms with van der Waals surface area (Å²) in [5.41, 5.74) is 1.31. The van der Waals surface area contributed by atoms with Crippen LogP contribution < -0.4 is 10.6 Å². The quantitative estimate of drug-likeness (QED) is 0.874. The van der Waals surface area contributed by atoms with E-state index in [0.717, 1.165) is 12.8 Å². The molecule has 2 aromatic heterocycles. The predicted molar refractivity (Wildman–Crippen MR) is 93.1 cm³/mol. The SMILES string of the molecule is O=C(CNC(=O)c1cc2c(s1)CCCCCC2)NCc1ccco1. The number of furan rings is 1. The van der Waals surface area contributed by atoms with E-state index < -0.39 is 0 Å². The number of amides is 2. The third-order valence-electron chi connectivity index (χ3n) is 4.17. The summed E-state index contributed by atoms with van der Waals surface area (Å²) in [7, 11) is 0. The Morgan fingerprint density at radius 2 is 1.96 bits per heavy atom. The molecule has 3 rings (SSSR count). The van der Waals surface area contributed by atoms with Crippen molar-refractivity contribution in [2.45, 2.75) is 45.1 Å². The Morgan fingerprint density at radius 3 is 2.75 bits per heavy atom. The zero-order valence-corrected chi connectivity index (χ0v) is 14.4. The normalized spacial score (nSPS) is 14.3. The molecule has 2 heterocycles. The average Bonchev–Trinajstić information content (AvgIpc) is 3.20. The highest BCUT2D eigenvalue weighted by Gasteiger charge is 2.16. The number of fused-ring (bicyclic) bond motifs is 1. The number of rotatable bonds is 5. The van der Waals surface area contributed by atoms with Gasteiger partial charge in [-0.25, -0.2) is 0 Å². The van der Waals surface area contributed by atoms with Crippen LogP contribution in [-0.2, 0) is 24.2 Å². The Hall–Kier alpha value is -2.08. The maximum absolute atomic E-state index is 12.3. The van der Waals surface area contributed by atoms with Crippen molar-refractivity contribution in [3.8, 4) is 0 Å². The highest BCUT2D eigenvalue weighted by atomic mass is 32.1. The van der Waals surface area contributed by atoms with Crippen molar-refractivity contribution in [1.29, 1.82) is 0 Å². The summed E-state index contributed by atoms with van der Waals surface area (Å²) in [6, 6.07) is 5.56. The van der Waals surface area contributed by atoms with Gasteiger partial charge >= 0.3 is 0 Å². The second-order valence-corrected chi connectivity index (χ2v) is 7.15. The molecule has 1 aliphatic carbocycles. The average molecular weight is 346 g/mol. The Bertz CT molecular complexity index is 666. The lowest BCUT2D eigenvalue weighted by molar-refractivity contribution is -0.120. The van der Waals surface area contributed by atoms with Gasteiger partial charge in [0.05, 0.1) is 24.2 Å². The van der Waals surface area contributed by atoms with Crippen LogP contribution in [0.15, 0.2) is 28.9 Å². The molecule has 0 unspecified atom stereocenters. The summed E-state index contributed by atoms with van der Waals surface area (Å²) < 4.78 is 5.15. The summed E-state index contributed by atoms with van der Waals surface area (Å²) >= 11 is 1.57. The highest BCUT2D eigenvalue weighted by Crippen LogP contribution is 2.28. The van der Waals surface area contributed by atoms with Gasteiger partial charge in [-0.1, -0.05) is 12.8 Å². The largest absolute Gasteiger partial charge is 0.467 e. The smallest absolute Gasteiger partial charge is 0.261 e. The molecule has 2 aromatic rings. The molecule has 0 bridgehead atoms. The van der Waals surface area contributed by atoms with Crippen LogP contribution in [0.3, 0.4) is 0 Å². The maximum atomic E-state index is 12.3. The van der Waals surface area contributed by atoms with E-state index in [2.05, 4.69) is 10.6 Å². The fourth-order valence-corrected chi connectivity index (χ4v) is 4.04. The number of carbonyl (C=O) groups excluding carboxylic acids is 2. The molecule has 24 heavy (non-hydrogen) atoms. The van der Waals surface area contributed by atoms with Crippen LogP contribution in [0.5, 0.6) is 0 Å². The van der Waals surface area contributed by atoms with Gasteiger partial charge in [0.15, 0.2) is 0 Å². The first-order valence-electron chi connectivity index (χ1n) is 8.41. The first-order chi connectivity index (χ1) is 11.7. The van der Waals surface area contributed by atoms with E-state index in [1.165, 1.54) is 36.1 Å². The van der Waals surface area contributed by atoms with Crippen LogP contribution >= 0.6 is 11.3 Å². The van der Waals surface area contributed by atoms with E-state index in [1.54, 1.807) is 29.7 Å². The predicted octanol–water partition coefficient (Wildman–Crippen LogP) is 3.05. The van der Waals surface area contributed by atoms with Gasteiger partial charge in [0.25, 0.3) is 5.91 Å². The van der Waals surface area contributed by atoms with Crippen LogP contribution in [0.2, 0.25) is 0 Å². The lowest BCUT2D eigenvalue weighted by Crippen LogP contribution is -2.36. The topological polar surface area (TPSA) is 71.3 Å². The van der Waals surface area contributed by atoms with Gasteiger partial charge in [0.2, 0.25) is 5.91 Å². The third kappa shape index (κ3) is 4.47. The van der Waals surface area contributed by atoms with Gasteiger partial charge in [-0.3, -0.25) is 9.59 Å². The number of aryl methyl sites for hydroxylation is 2. The molecule has 0 spiro atoms. The minimum atomic E-state index is -0.227. The molecule has 1 aliphatic rings. The third-order valence-corrected chi connectivity index (χ3v) is 5.41. The van der Waals surface area contributed by atoms with Crippen LogP contribution in [0.4, 0.5) is 0 Å². The number of thiophene rings is 1. The van der Waals surface area contributed by atoms with E-state index in [9.17, 15) is 9.59 Å². The van der Waals surface area contributed by atoms with Crippen LogP contribution in [0.1, 0.15) is 51.6 Å². The first kappa shape index (κ1) is 16.8. The lowest BCUT2D eigenvalue weighted by atomic mass is 10.00.